The van der Waals surface area contributed by atoms with Gasteiger partial charge in [-0.25, -0.2) is 22.8 Å². The molecule has 0 bridgehead atoms. The fourth-order valence-corrected chi connectivity index (χ4v) is 6.93. The molecule has 7 nitrogen and oxygen atoms in total. The molecule has 2 atom stereocenters. The first-order chi connectivity index (χ1) is 19.7. The molecule has 1 aliphatic rings. The predicted octanol–water partition coefficient (Wildman–Crippen LogP) is 6.57. The number of hydrogen-bond acceptors (Lipinski definition) is 6. The summed E-state index contributed by atoms with van der Waals surface area (Å²) in [7, 11) is -3.92. The Bertz CT molecular complexity index is 1620. The lowest BCUT2D eigenvalue weighted by atomic mass is 10.0. The van der Waals surface area contributed by atoms with Crippen LogP contribution in [0.2, 0.25) is 0 Å². The molecule has 4 aromatic rings. The number of anilines is 1. The van der Waals surface area contributed by atoms with Gasteiger partial charge in [-0.05, 0) is 74.2 Å². The second-order valence-corrected chi connectivity index (χ2v) is 12.9. The Morgan fingerprint density at radius 1 is 1.05 bits per heavy atom. The van der Waals surface area contributed by atoms with E-state index in [4.69, 9.17) is 9.97 Å². The van der Waals surface area contributed by atoms with E-state index in [2.05, 4.69) is 21.2 Å². The maximum absolute atomic E-state index is 13.4. The van der Waals surface area contributed by atoms with Gasteiger partial charge in [0.2, 0.25) is 16.0 Å². The molecule has 5 rings (SSSR count). The van der Waals surface area contributed by atoms with Crippen molar-refractivity contribution in [2.45, 2.75) is 49.6 Å². The van der Waals surface area contributed by atoms with Crippen molar-refractivity contribution < 1.29 is 17.6 Å². The van der Waals surface area contributed by atoms with Crippen LogP contribution < -0.4 is 5.32 Å². The van der Waals surface area contributed by atoms with Crippen molar-refractivity contribution in [3.63, 3.8) is 0 Å². The van der Waals surface area contributed by atoms with Crippen LogP contribution in [0.1, 0.15) is 43.5 Å². The van der Waals surface area contributed by atoms with Gasteiger partial charge in [0.1, 0.15) is 5.82 Å². The fraction of sp³-hybridized carbons (Fsp3) is 0.258. The highest BCUT2D eigenvalue weighted by atomic mass is 79.9. The lowest BCUT2D eigenvalue weighted by Crippen LogP contribution is -2.40. The summed E-state index contributed by atoms with van der Waals surface area (Å²) in [6.45, 7) is 2.28. The second-order valence-electron chi connectivity index (χ2n) is 10.0. The number of sulfonamides is 1. The molecule has 0 saturated carbocycles. The first-order valence-corrected chi connectivity index (χ1v) is 15.7. The molecular formula is C31H30BrFN4O3S. The monoisotopic (exact) mass is 636 g/mol. The van der Waals surface area contributed by atoms with Crippen LogP contribution >= 0.6 is 15.9 Å². The van der Waals surface area contributed by atoms with Gasteiger partial charge >= 0.3 is 0 Å². The Morgan fingerprint density at radius 2 is 1.76 bits per heavy atom. The third kappa shape index (κ3) is 6.89. The van der Waals surface area contributed by atoms with Crippen molar-refractivity contribution in [1.29, 1.82) is 0 Å². The number of carbonyl (C=O) groups is 1. The number of benzene rings is 3. The van der Waals surface area contributed by atoms with Crippen molar-refractivity contribution in [2.24, 2.45) is 0 Å². The molecule has 10 heteroatoms. The Morgan fingerprint density at radius 3 is 2.46 bits per heavy atom. The van der Waals surface area contributed by atoms with Crippen molar-refractivity contribution in [3.8, 4) is 11.3 Å². The van der Waals surface area contributed by atoms with Crippen LogP contribution in [0.4, 0.5) is 10.3 Å². The lowest BCUT2D eigenvalue weighted by Gasteiger charge is -2.23. The van der Waals surface area contributed by atoms with Gasteiger partial charge in [-0.1, -0.05) is 58.4 Å². The minimum atomic E-state index is -3.92. The molecule has 1 N–H and O–H groups in total. The van der Waals surface area contributed by atoms with E-state index < -0.39 is 21.9 Å². The van der Waals surface area contributed by atoms with Gasteiger partial charge in [0.25, 0.3) is 0 Å². The van der Waals surface area contributed by atoms with E-state index in [9.17, 15) is 17.6 Å². The SMILES string of the molecule is CC(Nc1nc(CCC(=O)[C@@H]2CCCN2S(=O)(=O)c2ccc(F)cc2)cc(-c2ccc(Br)cc2)n1)c1ccccc1. The number of aromatic nitrogens is 2. The number of halogens is 2. The maximum Gasteiger partial charge on any atom is 0.243 e. The highest BCUT2D eigenvalue weighted by molar-refractivity contribution is 9.10. The van der Waals surface area contributed by atoms with Crippen molar-refractivity contribution >= 4 is 37.7 Å². The Hall–Kier alpha value is -3.47. The molecule has 2 heterocycles. The van der Waals surface area contributed by atoms with Gasteiger partial charge in [-0.3, -0.25) is 4.79 Å². The van der Waals surface area contributed by atoms with Gasteiger partial charge < -0.3 is 5.32 Å². The van der Waals surface area contributed by atoms with Crippen molar-refractivity contribution in [3.05, 3.63) is 106 Å². The molecule has 0 spiro atoms. The number of Topliss-reactive ketones (excluding diaryl/α,β-unsaturated/α-hetero) is 1. The molecule has 41 heavy (non-hydrogen) atoms. The van der Waals surface area contributed by atoms with E-state index in [-0.39, 0.29) is 29.7 Å². The highest BCUT2D eigenvalue weighted by Crippen LogP contribution is 2.29. The van der Waals surface area contributed by atoms with Gasteiger partial charge in [-0.2, -0.15) is 4.31 Å². The second kappa shape index (κ2) is 12.6. The van der Waals surface area contributed by atoms with E-state index in [1.54, 1.807) is 0 Å². The smallest absolute Gasteiger partial charge is 0.243 e. The summed E-state index contributed by atoms with van der Waals surface area (Å²) in [5.74, 6) is -0.230. The summed E-state index contributed by atoms with van der Waals surface area (Å²) < 4.78 is 42.1. The molecular weight excluding hydrogens is 607 g/mol. The van der Waals surface area contributed by atoms with Crippen molar-refractivity contribution in [1.82, 2.24) is 14.3 Å². The Labute approximate surface area is 248 Å². The number of hydrogen-bond donors (Lipinski definition) is 1. The molecule has 0 radical (unpaired) electrons. The molecule has 1 fully saturated rings. The van der Waals surface area contributed by atoms with Gasteiger partial charge in [0, 0.05) is 28.7 Å². The molecule has 1 saturated heterocycles. The zero-order valence-electron chi connectivity index (χ0n) is 22.5. The summed E-state index contributed by atoms with van der Waals surface area (Å²) >= 11 is 3.47. The minimum Gasteiger partial charge on any atom is -0.348 e. The highest BCUT2D eigenvalue weighted by Gasteiger charge is 2.39. The van der Waals surface area contributed by atoms with Crippen LogP contribution in [0.5, 0.6) is 0 Å². The van der Waals surface area contributed by atoms with E-state index in [1.807, 2.05) is 67.6 Å². The predicted molar refractivity (Wildman–Crippen MR) is 160 cm³/mol. The standard InChI is InChI=1S/C31H30BrFN4O3S/c1-21(22-6-3-2-4-7-22)34-31-35-26(20-28(36-31)23-9-11-24(32)12-10-23)15-18-30(38)29-8-5-19-37(29)41(39,40)27-16-13-25(33)14-17-27/h2-4,6-7,9-14,16-17,20-21,29H,5,8,15,18-19H2,1H3,(H,34,35,36)/t21?,29-/m0/s1. The lowest BCUT2D eigenvalue weighted by molar-refractivity contribution is -0.122. The van der Waals surface area contributed by atoms with Gasteiger partial charge in [0.15, 0.2) is 5.78 Å². The third-order valence-corrected chi connectivity index (χ3v) is 9.64. The first kappa shape index (κ1) is 29.0. The average molecular weight is 638 g/mol. The molecule has 1 aliphatic heterocycles. The summed E-state index contributed by atoms with van der Waals surface area (Å²) in [5, 5.41) is 3.38. The zero-order chi connectivity index (χ0) is 29.0. The summed E-state index contributed by atoms with van der Waals surface area (Å²) in [6, 6.07) is 23.6. The average Bonchev–Trinajstić information content (AvgIpc) is 3.48. The van der Waals surface area contributed by atoms with Crippen LogP contribution in [0.25, 0.3) is 11.3 Å². The van der Waals surface area contributed by atoms with Crippen LogP contribution in [0, 0.1) is 5.82 Å². The van der Waals surface area contributed by atoms with Crippen LogP contribution in [-0.2, 0) is 21.2 Å². The van der Waals surface area contributed by atoms with Crippen molar-refractivity contribution in [2.75, 3.05) is 11.9 Å². The zero-order valence-corrected chi connectivity index (χ0v) is 24.9. The summed E-state index contributed by atoms with van der Waals surface area (Å²) in [6.07, 6.45) is 1.50. The topological polar surface area (TPSA) is 92.3 Å². The molecule has 1 unspecified atom stereocenters. The first-order valence-electron chi connectivity index (χ1n) is 13.5. The molecule has 1 aromatic heterocycles. The number of nitrogens with zero attached hydrogens (tertiary/aromatic N) is 3. The largest absolute Gasteiger partial charge is 0.348 e. The molecule has 212 valence electrons. The van der Waals surface area contributed by atoms with E-state index in [1.165, 1.54) is 16.4 Å². The van der Waals surface area contributed by atoms with Crippen LogP contribution in [-0.4, -0.2) is 41.1 Å². The summed E-state index contributed by atoms with van der Waals surface area (Å²) in [5.41, 5.74) is 3.40. The van der Waals surface area contributed by atoms with Gasteiger partial charge in [0.05, 0.1) is 22.7 Å². The number of aryl methyl sites for hydroxylation is 1. The Kier molecular flexibility index (Phi) is 8.91. The van der Waals surface area contributed by atoms with E-state index in [0.717, 1.165) is 33.4 Å². The van der Waals surface area contributed by atoms with Gasteiger partial charge in [-0.15, -0.1) is 0 Å². The van der Waals surface area contributed by atoms with Crippen LogP contribution in [0.15, 0.2) is 94.3 Å². The van der Waals surface area contributed by atoms with Crippen LogP contribution in [0.3, 0.4) is 0 Å². The molecule has 0 amide bonds. The summed E-state index contributed by atoms with van der Waals surface area (Å²) in [4.78, 5) is 22.8. The number of nitrogens with one attached hydrogen (secondary N) is 1. The molecule has 0 aliphatic carbocycles. The minimum absolute atomic E-state index is 0.0169. The number of carbonyl (C=O) groups excluding carboxylic acids is 1. The third-order valence-electron chi connectivity index (χ3n) is 7.19. The normalized spacial score (nSPS) is 16.4. The quantitative estimate of drug-likeness (QED) is 0.212. The van der Waals surface area contributed by atoms with E-state index >= 15 is 0 Å². The maximum atomic E-state index is 13.4. The molecule has 3 aromatic carbocycles. The fourth-order valence-electron chi connectivity index (χ4n) is 4.99. The number of rotatable bonds is 10. The Balaban J connectivity index is 1.36. The number of ketones is 1. The van der Waals surface area contributed by atoms with E-state index in [0.29, 0.717) is 30.9 Å².